The largest absolute Gasteiger partial charge is 0.480 e. The van der Waals surface area contributed by atoms with E-state index in [2.05, 4.69) is 10.3 Å². The number of pyridine rings is 1. The molecular weight excluding hydrogens is 505 g/mol. The van der Waals surface area contributed by atoms with Gasteiger partial charge in [0.05, 0.1) is 46.6 Å². The zero-order chi connectivity index (χ0) is 26.1. The Hall–Kier alpha value is -4.01. The van der Waals surface area contributed by atoms with Gasteiger partial charge in [-0.15, -0.1) is 0 Å². The van der Waals surface area contributed by atoms with Crippen LogP contribution < -0.4 is 15.4 Å². The van der Waals surface area contributed by atoms with Gasteiger partial charge in [0.25, 0.3) is 0 Å². The molecular formula is C29H25ClFN5O2. The standard InChI is InChI=1S/C29H25ClFN5O2/c1-37-29-23(3-2-12-32-29)35-24-16-26-28(17-25(24)33-20-10-13-38-14-11-20)36(21-7-4-18(30)5-8-21)27-15-19(31)6-9-22(27)34-26/h2-9,12,15-17,20,35H,10-11,13-14H2,1H3. The highest BCUT2D eigenvalue weighted by molar-refractivity contribution is 6.30. The van der Waals surface area contributed by atoms with Crippen molar-refractivity contribution in [1.82, 2.24) is 14.5 Å². The molecule has 3 aliphatic rings. The SMILES string of the molecule is COc1ncccc1Nc1cc2nc3ccc(F)cc3n(-c3ccc(Cl)cc3)c-2cc1=NC1CCOCC1. The van der Waals surface area contributed by atoms with E-state index in [0.717, 1.165) is 41.0 Å². The maximum Gasteiger partial charge on any atom is 0.237 e. The molecule has 1 aromatic heterocycles. The average Bonchev–Trinajstić information content (AvgIpc) is 2.94. The first-order valence-corrected chi connectivity index (χ1v) is 12.8. The number of ether oxygens (including phenoxy) is 2. The van der Waals surface area contributed by atoms with Gasteiger partial charge < -0.3 is 19.4 Å². The van der Waals surface area contributed by atoms with Gasteiger partial charge in [-0.25, -0.2) is 14.4 Å². The molecule has 9 heteroatoms. The number of anilines is 2. The van der Waals surface area contributed by atoms with E-state index in [0.29, 0.717) is 40.8 Å². The molecule has 1 aliphatic carbocycles. The van der Waals surface area contributed by atoms with E-state index in [9.17, 15) is 4.39 Å². The van der Waals surface area contributed by atoms with Gasteiger partial charge in [-0.2, -0.15) is 0 Å². The fourth-order valence-electron chi connectivity index (χ4n) is 4.74. The lowest BCUT2D eigenvalue weighted by atomic mass is 10.1. The van der Waals surface area contributed by atoms with Crippen LogP contribution in [0.3, 0.4) is 0 Å². The van der Waals surface area contributed by atoms with Crippen molar-refractivity contribution < 1.29 is 13.9 Å². The number of hydrogen-bond donors (Lipinski definition) is 1. The minimum Gasteiger partial charge on any atom is -0.480 e. The van der Waals surface area contributed by atoms with E-state index < -0.39 is 0 Å². The smallest absolute Gasteiger partial charge is 0.237 e. The summed E-state index contributed by atoms with van der Waals surface area (Å²) in [5, 5.41) is 4.84. The number of halogens is 2. The predicted molar refractivity (Wildman–Crippen MR) is 146 cm³/mol. The number of hydrogen-bond acceptors (Lipinski definition) is 6. The van der Waals surface area contributed by atoms with Crippen LogP contribution in [0.1, 0.15) is 12.8 Å². The van der Waals surface area contributed by atoms with E-state index in [-0.39, 0.29) is 11.9 Å². The summed E-state index contributed by atoms with van der Waals surface area (Å²) in [6, 6.07) is 19.9. The van der Waals surface area contributed by atoms with Gasteiger partial charge in [-0.3, -0.25) is 4.99 Å². The summed E-state index contributed by atoms with van der Waals surface area (Å²) in [4.78, 5) is 14.3. The molecule has 1 fully saturated rings. The van der Waals surface area contributed by atoms with Crippen molar-refractivity contribution in [3.8, 4) is 23.0 Å². The molecule has 192 valence electrons. The van der Waals surface area contributed by atoms with Crippen LogP contribution in [0.2, 0.25) is 5.02 Å². The molecule has 0 spiro atoms. The monoisotopic (exact) mass is 529 g/mol. The Morgan fingerprint density at radius 3 is 2.66 bits per heavy atom. The van der Waals surface area contributed by atoms with Crippen molar-refractivity contribution in [2.75, 3.05) is 25.6 Å². The van der Waals surface area contributed by atoms with E-state index >= 15 is 0 Å². The Bertz CT molecular complexity index is 1650. The van der Waals surface area contributed by atoms with Gasteiger partial charge in [0, 0.05) is 36.2 Å². The number of nitrogens with zero attached hydrogens (tertiary/aromatic N) is 4. The molecule has 38 heavy (non-hydrogen) atoms. The third-order valence-corrected chi connectivity index (χ3v) is 6.84. The third-order valence-electron chi connectivity index (χ3n) is 6.58. The number of fused-ring (bicyclic) bond motifs is 2. The van der Waals surface area contributed by atoms with Crippen LogP contribution >= 0.6 is 11.6 Å². The summed E-state index contributed by atoms with van der Waals surface area (Å²) in [5.41, 5.74) is 5.14. The Kier molecular flexibility index (Phi) is 6.66. The molecule has 0 saturated carbocycles. The number of benzene rings is 3. The maximum absolute atomic E-state index is 14.4. The van der Waals surface area contributed by atoms with Gasteiger partial charge >= 0.3 is 0 Å². The zero-order valence-electron chi connectivity index (χ0n) is 20.7. The van der Waals surface area contributed by atoms with E-state index in [1.165, 1.54) is 12.1 Å². The quantitative estimate of drug-likeness (QED) is 0.276. The molecule has 2 aromatic carbocycles. The number of aromatic nitrogens is 3. The first kappa shape index (κ1) is 24.3. The summed E-state index contributed by atoms with van der Waals surface area (Å²) in [5.74, 6) is 0.137. The van der Waals surface area contributed by atoms with Crippen LogP contribution in [0, 0.1) is 5.82 Å². The first-order valence-electron chi connectivity index (χ1n) is 12.4. The third kappa shape index (κ3) is 4.80. The van der Waals surface area contributed by atoms with Crippen LogP contribution in [0.5, 0.6) is 5.88 Å². The van der Waals surface area contributed by atoms with Crippen molar-refractivity contribution >= 4 is 34.0 Å². The van der Waals surface area contributed by atoms with Crippen LogP contribution in [-0.2, 0) is 4.74 Å². The molecule has 0 atom stereocenters. The van der Waals surface area contributed by atoms with Crippen molar-refractivity contribution in [2.24, 2.45) is 4.99 Å². The molecule has 7 nitrogen and oxygen atoms in total. The summed E-state index contributed by atoms with van der Waals surface area (Å²) in [6.45, 7) is 1.36. The van der Waals surface area contributed by atoms with Gasteiger partial charge in [0.1, 0.15) is 11.5 Å². The second kappa shape index (κ2) is 10.4. The molecule has 2 aliphatic heterocycles. The van der Waals surface area contributed by atoms with Crippen LogP contribution in [0.15, 0.2) is 77.9 Å². The number of nitrogens with one attached hydrogen (secondary N) is 1. The topological polar surface area (TPSA) is 73.6 Å². The molecule has 1 saturated heterocycles. The maximum atomic E-state index is 14.4. The summed E-state index contributed by atoms with van der Waals surface area (Å²) in [6.07, 6.45) is 3.36. The molecule has 0 radical (unpaired) electrons. The molecule has 3 heterocycles. The fraction of sp³-hybridized carbons (Fsp3) is 0.207. The van der Waals surface area contributed by atoms with Crippen LogP contribution in [0.25, 0.3) is 28.1 Å². The minimum atomic E-state index is -0.338. The summed E-state index contributed by atoms with van der Waals surface area (Å²) >= 11 is 6.19. The Morgan fingerprint density at radius 1 is 1.05 bits per heavy atom. The van der Waals surface area contributed by atoms with Crippen molar-refractivity contribution in [2.45, 2.75) is 18.9 Å². The lowest BCUT2D eigenvalue weighted by molar-refractivity contribution is 0.0864. The van der Waals surface area contributed by atoms with Gasteiger partial charge in [0.2, 0.25) is 5.88 Å². The van der Waals surface area contributed by atoms with E-state index in [1.54, 1.807) is 19.4 Å². The Morgan fingerprint density at radius 2 is 1.87 bits per heavy atom. The molecule has 3 aromatic rings. The minimum absolute atomic E-state index is 0.118. The number of rotatable bonds is 5. The lowest BCUT2D eigenvalue weighted by Crippen LogP contribution is -2.23. The summed E-state index contributed by atoms with van der Waals surface area (Å²) in [7, 11) is 1.59. The Labute approximate surface area is 223 Å². The summed E-state index contributed by atoms with van der Waals surface area (Å²) < 4.78 is 27.4. The molecule has 0 bridgehead atoms. The lowest BCUT2D eigenvalue weighted by Gasteiger charge is -2.22. The predicted octanol–water partition coefficient (Wildman–Crippen LogP) is 6.15. The highest BCUT2D eigenvalue weighted by Crippen LogP contribution is 2.32. The average molecular weight is 530 g/mol. The highest BCUT2D eigenvalue weighted by Gasteiger charge is 2.19. The second-order valence-corrected chi connectivity index (χ2v) is 9.51. The van der Waals surface area contributed by atoms with E-state index in [4.69, 9.17) is 31.1 Å². The zero-order valence-corrected chi connectivity index (χ0v) is 21.5. The van der Waals surface area contributed by atoms with Crippen molar-refractivity contribution in [3.05, 3.63) is 89.1 Å². The van der Waals surface area contributed by atoms with E-state index in [1.807, 2.05) is 53.1 Å². The highest BCUT2D eigenvalue weighted by atomic mass is 35.5. The van der Waals surface area contributed by atoms with Crippen LogP contribution in [-0.4, -0.2) is 40.9 Å². The second-order valence-electron chi connectivity index (χ2n) is 9.07. The van der Waals surface area contributed by atoms with Crippen LogP contribution in [0.4, 0.5) is 15.8 Å². The first-order chi connectivity index (χ1) is 18.6. The van der Waals surface area contributed by atoms with Gasteiger partial charge in [-0.05, 0) is 73.5 Å². The fourth-order valence-corrected chi connectivity index (χ4v) is 4.87. The van der Waals surface area contributed by atoms with Crippen molar-refractivity contribution in [1.29, 1.82) is 0 Å². The van der Waals surface area contributed by atoms with Crippen molar-refractivity contribution in [3.63, 3.8) is 0 Å². The Balaban J connectivity index is 1.63. The molecule has 0 amide bonds. The molecule has 1 N–H and O–H groups in total. The molecule has 6 rings (SSSR count). The molecule has 0 unspecified atom stereocenters. The normalized spacial score (nSPS) is 14.8. The van der Waals surface area contributed by atoms with Gasteiger partial charge in [-0.1, -0.05) is 11.6 Å². The van der Waals surface area contributed by atoms with Gasteiger partial charge in [0.15, 0.2) is 0 Å². The number of methoxy groups -OCH3 is 1.